The average Bonchev–Trinajstić information content (AvgIpc) is 2.89. The first-order valence-electron chi connectivity index (χ1n) is 7.96. The minimum absolute atomic E-state index is 0.230. The molecule has 2 unspecified atom stereocenters. The maximum Gasteiger partial charge on any atom is 0.141 e. The molecule has 2 nitrogen and oxygen atoms in total. The number of nitrogens with zero attached hydrogens (tertiary/aromatic N) is 2. The van der Waals surface area contributed by atoms with Gasteiger partial charge in [-0.05, 0) is 43.0 Å². The zero-order valence-electron chi connectivity index (χ0n) is 12.9. The number of halogens is 2. The summed E-state index contributed by atoms with van der Waals surface area (Å²) in [7, 11) is 0. The molecule has 21 heavy (non-hydrogen) atoms. The van der Waals surface area contributed by atoms with E-state index >= 15 is 0 Å². The number of rotatable bonds is 3. The second-order valence-electron chi connectivity index (χ2n) is 6.78. The molecule has 1 aromatic carbocycles. The molecule has 2 fully saturated rings. The van der Waals surface area contributed by atoms with Gasteiger partial charge in [-0.25, -0.2) is 4.39 Å². The van der Waals surface area contributed by atoms with Crippen LogP contribution in [0.5, 0.6) is 0 Å². The van der Waals surface area contributed by atoms with Gasteiger partial charge in [0.25, 0.3) is 0 Å². The van der Waals surface area contributed by atoms with E-state index in [9.17, 15) is 4.39 Å². The van der Waals surface area contributed by atoms with Gasteiger partial charge in [0.1, 0.15) is 5.82 Å². The van der Waals surface area contributed by atoms with Crippen molar-refractivity contribution in [3.8, 4) is 0 Å². The van der Waals surface area contributed by atoms with Crippen molar-refractivity contribution < 1.29 is 4.39 Å². The fourth-order valence-electron chi connectivity index (χ4n) is 3.79. The summed E-state index contributed by atoms with van der Waals surface area (Å²) in [5.74, 6) is 0.295. The van der Waals surface area contributed by atoms with Gasteiger partial charge in [-0.2, -0.15) is 0 Å². The molecule has 1 aromatic rings. The standard InChI is InChI=1S/C17H24ClFN2/c1-12(2)17-11-20-7-3-4-14(20)10-21(17)9-13-5-6-16(19)15(18)8-13/h5-6,8,12,14,17H,3-4,7,9-11H2,1-2H3. The van der Waals surface area contributed by atoms with E-state index < -0.39 is 0 Å². The van der Waals surface area contributed by atoms with E-state index in [0.29, 0.717) is 18.0 Å². The van der Waals surface area contributed by atoms with Crippen molar-refractivity contribution in [2.75, 3.05) is 19.6 Å². The third kappa shape index (κ3) is 3.25. The van der Waals surface area contributed by atoms with Gasteiger partial charge in [0, 0.05) is 31.7 Å². The summed E-state index contributed by atoms with van der Waals surface area (Å²) >= 11 is 5.92. The minimum Gasteiger partial charge on any atom is -0.298 e. The van der Waals surface area contributed by atoms with Gasteiger partial charge in [-0.3, -0.25) is 9.80 Å². The first-order chi connectivity index (χ1) is 10.0. The Bertz CT molecular complexity index is 506. The largest absolute Gasteiger partial charge is 0.298 e. The Balaban J connectivity index is 1.76. The number of benzene rings is 1. The molecule has 0 amide bonds. The van der Waals surface area contributed by atoms with Crippen molar-refractivity contribution in [3.05, 3.63) is 34.6 Å². The highest BCUT2D eigenvalue weighted by atomic mass is 35.5. The molecular weight excluding hydrogens is 287 g/mol. The van der Waals surface area contributed by atoms with E-state index in [1.165, 1.54) is 25.5 Å². The summed E-state index contributed by atoms with van der Waals surface area (Å²) in [6.07, 6.45) is 2.64. The predicted molar refractivity (Wildman–Crippen MR) is 85.0 cm³/mol. The van der Waals surface area contributed by atoms with Crippen LogP contribution < -0.4 is 0 Å². The zero-order valence-corrected chi connectivity index (χ0v) is 13.6. The lowest BCUT2D eigenvalue weighted by atomic mass is 9.96. The zero-order chi connectivity index (χ0) is 15.0. The Kier molecular flexibility index (Phi) is 4.53. The molecule has 2 aliphatic heterocycles. The highest BCUT2D eigenvalue weighted by molar-refractivity contribution is 6.30. The van der Waals surface area contributed by atoms with E-state index in [2.05, 4.69) is 23.6 Å². The van der Waals surface area contributed by atoms with Crippen LogP contribution in [0.15, 0.2) is 18.2 Å². The van der Waals surface area contributed by atoms with Gasteiger partial charge in [0.05, 0.1) is 5.02 Å². The van der Waals surface area contributed by atoms with Crippen LogP contribution in [-0.2, 0) is 6.54 Å². The van der Waals surface area contributed by atoms with Crippen LogP contribution in [0.4, 0.5) is 4.39 Å². The van der Waals surface area contributed by atoms with E-state index in [-0.39, 0.29) is 10.8 Å². The van der Waals surface area contributed by atoms with Crippen LogP contribution >= 0.6 is 11.6 Å². The molecule has 0 bridgehead atoms. The average molecular weight is 311 g/mol. The summed E-state index contributed by atoms with van der Waals surface area (Å²) in [6.45, 7) is 9.00. The van der Waals surface area contributed by atoms with Crippen molar-refractivity contribution in [1.29, 1.82) is 0 Å². The maximum absolute atomic E-state index is 13.3. The quantitative estimate of drug-likeness (QED) is 0.838. The van der Waals surface area contributed by atoms with E-state index in [0.717, 1.165) is 25.2 Å². The second kappa shape index (κ2) is 6.23. The van der Waals surface area contributed by atoms with Crippen molar-refractivity contribution in [2.24, 2.45) is 5.92 Å². The van der Waals surface area contributed by atoms with Gasteiger partial charge >= 0.3 is 0 Å². The maximum atomic E-state index is 13.3. The molecule has 0 N–H and O–H groups in total. The monoisotopic (exact) mass is 310 g/mol. The van der Waals surface area contributed by atoms with Gasteiger partial charge in [-0.1, -0.05) is 31.5 Å². The number of hydrogen-bond donors (Lipinski definition) is 0. The van der Waals surface area contributed by atoms with Gasteiger partial charge in [0.2, 0.25) is 0 Å². The fraction of sp³-hybridized carbons (Fsp3) is 0.647. The molecule has 2 atom stereocenters. The van der Waals surface area contributed by atoms with Crippen molar-refractivity contribution in [3.63, 3.8) is 0 Å². The first-order valence-corrected chi connectivity index (χ1v) is 8.34. The normalized spacial score (nSPS) is 27.3. The lowest BCUT2D eigenvalue weighted by Gasteiger charge is -2.45. The van der Waals surface area contributed by atoms with Crippen LogP contribution in [0.3, 0.4) is 0 Å². The van der Waals surface area contributed by atoms with Crippen LogP contribution in [0.1, 0.15) is 32.3 Å². The van der Waals surface area contributed by atoms with Crippen LogP contribution in [0, 0.1) is 11.7 Å². The third-order valence-electron chi connectivity index (χ3n) is 4.97. The van der Waals surface area contributed by atoms with E-state index in [1.807, 2.05) is 6.07 Å². The summed E-state index contributed by atoms with van der Waals surface area (Å²) in [4.78, 5) is 5.22. The van der Waals surface area contributed by atoms with Crippen LogP contribution in [-0.4, -0.2) is 41.5 Å². The Morgan fingerprint density at radius 3 is 2.86 bits per heavy atom. The van der Waals surface area contributed by atoms with Gasteiger partial charge in [0.15, 0.2) is 0 Å². The molecule has 0 radical (unpaired) electrons. The Hall–Kier alpha value is -0.640. The first kappa shape index (κ1) is 15.3. The smallest absolute Gasteiger partial charge is 0.141 e. The van der Waals surface area contributed by atoms with E-state index in [4.69, 9.17) is 11.6 Å². The number of piperazine rings is 1. The minimum atomic E-state index is -0.332. The summed E-state index contributed by atoms with van der Waals surface area (Å²) in [5, 5.41) is 0.230. The van der Waals surface area contributed by atoms with Crippen LogP contribution in [0.2, 0.25) is 5.02 Å². The molecular formula is C17H24ClFN2. The van der Waals surface area contributed by atoms with Crippen LogP contribution in [0.25, 0.3) is 0 Å². The molecule has 4 heteroatoms. The number of hydrogen-bond acceptors (Lipinski definition) is 2. The highest BCUT2D eigenvalue weighted by Gasteiger charge is 2.37. The predicted octanol–water partition coefficient (Wildman–Crippen LogP) is 3.78. The van der Waals surface area contributed by atoms with Crippen molar-refractivity contribution >= 4 is 11.6 Å². The summed E-state index contributed by atoms with van der Waals surface area (Å²) < 4.78 is 13.3. The van der Waals surface area contributed by atoms with Gasteiger partial charge < -0.3 is 0 Å². The van der Waals surface area contributed by atoms with Crippen molar-refractivity contribution in [2.45, 2.75) is 45.3 Å². The van der Waals surface area contributed by atoms with Crippen molar-refractivity contribution in [1.82, 2.24) is 9.80 Å². The summed E-state index contributed by atoms with van der Waals surface area (Å²) in [5.41, 5.74) is 1.11. The molecule has 0 saturated carbocycles. The molecule has 2 heterocycles. The molecule has 0 spiro atoms. The fourth-order valence-corrected chi connectivity index (χ4v) is 3.99. The molecule has 0 aliphatic carbocycles. The highest BCUT2D eigenvalue weighted by Crippen LogP contribution is 2.29. The molecule has 2 saturated heterocycles. The molecule has 2 aliphatic rings. The third-order valence-corrected chi connectivity index (χ3v) is 5.26. The molecule has 3 rings (SSSR count). The number of fused-ring (bicyclic) bond motifs is 1. The lowest BCUT2D eigenvalue weighted by Crippen LogP contribution is -2.57. The topological polar surface area (TPSA) is 6.48 Å². The Labute approximate surface area is 131 Å². The molecule has 116 valence electrons. The van der Waals surface area contributed by atoms with E-state index in [1.54, 1.807) is 6.07 Å². The SMILES string of the molecule is CC(C)C1CN2CCCC2CN1Cc1ccc(F)c(Cl)c1. The Morgan fingerprint density at radius 1 is 1.33 bits per heavy atom. The van der Waals surface area contributed by atoms with Gasteiger partial charge in [-0.15, -0.1) is 0 Å². The summed E-state index contributed by atoms with van der Waals surface area (Å²) in [6, 6.07) is 6.39. The Morgan fingerprint density at radius 2 is 2.14 bits per heavy atom. The lowest BCUT2D eigenvalue weighted by molar-refractivity contribution is 0.0239. The second-order valence-corrected chi connectivity index (χ2v) is 7.19. The molecule has 0 aromatic heterocycles.